The zero-order valence-electron chi connectivity index (χ0n) is 14.0. The Balaban J connectivity index is 1.81. The van der Waals surface area contributed by atoms with Crippen molar-refractivity contribution in [1.29, 1.82) is 0 Å². The number of sulfonamides is 1. The van der Waals surface area contributed by atoms with Crippen LogP contribution in [0.15, 0.2) is 40.8 Å². The predicted molar refractivity (Wildman–Crippen MR) is 91.8 cm³/mol. The number of ether oxygens (including phenoxy) is 1. The molecule has 1 saturated heterocycles. The van der Waals surface area contributed by atoms with Crippen LogP contribution in [0.25, 0.3) is 0 Å². The fourth-order valence-corrected chi connectivity index (χ4v) is 4.60. The minimum absolute atomic E-state index is 0.0582. The van der Waals surface area contributed by atoms with Crippen molar-refractivity contribution >= 4 is 15.7 Å². The van der Waals surface area contributed by atoms with Crippen LogP contribution in [0.5, 0.6) is 0 Å². The average Bonchev–Trinajstić information content (AvgIpc) is 2.62. The van der Waals surface area contributed by atoms with Gasteiger partial charge in [-0.3, -0.25) is 10.1 Å². The highest BCUT2D eigenvalue weighted by Gasteiger charge is 2.33. The fourth-order valence-electron chi connectivity index (χ4n) is 3.13. The summed E-state index contributed by atoms with van der Waals surface area (Å²) in [5, 5.41) is 10.9. The Morgan fingerprint density at radius 2 is 2.12 bits per heavy atom. The summed E-state index contributed by atoms with van der Waals surface area (Å²) in [5.74, 6) is 0. The molecule has 1 aromatic carbocycles. The zero-order chi connectivity index (χ0) is 18.0. The van der Waals surface area contributed by atoms with Crippen molar-refractivity contribution in [3.05, 3.63) is 46.0 Å². The van der Waals surface area contributed by atoms with E-state index in [1.165, 1.54) is 22.5 Å². The van der Waals surface area contributed by atoms with Gasteiger partial charge in [0.05, 0.1) is 22.5 Å². The van der Waals surface area contributed by atoms with Crippen molar-refractivity contribution in [3.63, 3.8) is 0 Å². The van der Waals surface area contributed by atoms with E-state index in [-0.39, 0.29) is 29.8 Å². The van der Waals surface area contributed by atoms with Gasteiger partial charge in [0.2, 0.25) is 10.0 Å². The third kappa shape index (κ3) is 3.90. The second kappa shape index (κ2) is 7.20. The molecule has 0 spiro atoms. The molecular weight excluding hydrogens is 346 g/mol. The maximum Gasteiger partial charge on any atom is 0.270 e. The van der Waals surface area contributed by atoms with Crippen LogP contribution in [0.4, 0.5) is 5.69 Å². The number of hydrogen-bond donors (Lipinski definition) is 0. The number of benzene rings is 1. The van der Waals surface area contributed by atoms with Crippen LogP contribution in [0.2, 0.25) is 0 Å². The van der Waals surface area contributed by atoms with Gasteiger partial charge >= 0.3 is 0 Å². The molecule has 2 aliphatic rings. The quantitative estimate of drug-likeness (QED) is 0.452. The van der Waals surface area contributed by atoms with Crippen LogP contribution in [0.3, 0.4) is 0 Å². The second-order valence-electron chi connectivity index (χ2n) is 6.28. The maximum absolute atomic E-state index is 12.9. The van der Waals surface area contributed by atoms with Crippen LogP contribution in [-0.2, 0) is 14.8 Å². The van der Waals surface area contributed by atoms with E-state index < -0.39 is 14.9 Å². The molecule has 0 amide bonds. The van der Waals surface area contributed by atoms with Gasteiger partial charge in [-0.15, -0.1) is 0 Å². The van der Waals surface area contributed by atoms with Crippen molar-refractivity contribution < 1.29 is 18.1 Å². The standard InChI is InChI=1S/C16H21N3O5S/c1-17-7-3-4-13(11-17)16-12-18(8-9-24-16)25(22,23)15-6-2-5-14(10-15)19(20)21/h2,4-6,10,16H,3,7-9,11-12H2,1H3. The molecule has 0 N–H and O–H groups in total. The first-order valence-corrected chi connectivity index (χ1v) is 9.55. The van der Waals surface area contributed by atoms with Crippen LogP contribution >= 0.6 is 0 Å². The summed E-state index contributed by atoms with van der Waals surface area (Å²) in [6, 6.07) is 5.17. The number of nitro groups is 1. The molecule has 25 heavy (non-hydrogen) atoms. The Kier molecular flexibility index (Phi) is 5.19. The van der Waals surface area contributed by atoms with E-state index >= 15 is 0 Å². The van der Waals surface area contributed by atoms with Crippen molar-refractivity contribution in [1.82, 2.24) is 9.21 Å². The molecule has 9 heteroatoms. The predicted octanol–water partition coefficient (Wildman–Crippen LogP) is 1.25. The Morgan fingerprint density at radius 1 is 1.32 bits per heavy atom. The Labute approximate surface area is 146 Å². The summed E-state index contributed by atoms with van der Waals surface area (Å²) < 4.78 is 32.9. The second-order valence-corrected chi connectivity index (χ2v) is 8.22. The van der Waals surface area contributed by atoms with Crippen LogP contribution < -0.4 is 0 Å². The number of nitrogens with zero attached hydrogens (tertiary/aromatic N) is 3. The normalized spacial score (nSPS) is 23.2. The number of morpholine rings is 1. The third-order valence-corrected chi connectivity index (χ3v) is 6.34. The molecule has 0 aliphatic carbocycles. The molecule has 136 valence electrons. The number of rotatable bonds is 4. The number of hydrogen-bond acceptors (Lipinski definition) is 6. The van der Waals surface area contributed by atoms with E-state index in [1.807, 2.05) is 7.05 Å². The largest absolute Gasteiger partial charge is 0.371 e. The molecule has 1 aromatic rings. The van der Waals surface area contributed by atoms with Gasteiger partial charge in [0.25, 0.3) is 5.69 Å². The highest BCUT2D eigenvalue weighted by Crippen LogP contribution is 2.25. The van der Waals surface area contributed by atoms with Crippen molar-refractivity contribution in [2.75, 3.05) is 39.8 Å². The van der Waals surface area contributed by atoms with Gasteiger partial charge < -0.3 is 9.64 Å². The van der Waals surface area contributed by atoms with Gasteiger partial charge in [-0.25, -0.2) is 8.42 Å². The molecule has 0 saturated carbocycles. The van der Waals surface area contributed by atoms with Crippen LogP contribution in [0, 0.1) is 10.1 Å². The van der Waals surface area contributed by atoms with Crippen LogP contribution in [0.1, 0.15) is 6.42 Å². The van der Waals surface area contributed by atoms with Gasteiger partial charge in [-0.2, -0.15) is 4.31 Å². The maximum atomic E-state index is 12.9. The summed E-state index contributed by atoms with van der Waals surface area (Å²) in [6.45, 7) is 2.51. The van der Waals surface area contributed by atoms with E-state index in [4.69, 9.17) is 4.74 Å². The minimum atomic E-state index is -3.80. The molecule has 1 fully saturated rings. The summed E-state index contributed by atoms with van der Waals surface area (Å²) in [4.78, 5) is 12.4. The molecule has 3 rings (SSSR count). The van der Waals surface area contributed by atoms with Crippen LogP contribution in [-0.4, -0.2) is 68.5 Å². The average molecular weight is 367 g/mol. The first-order valence-electron chi connectivity index (χ1n) is 8.11. The molecule has 0 aromatic heterocycles. The molecule has 2 aliphatic heterocycles. The van der Waals surface area contributed by atoms with E-state index in [0.29, 0.717) is 6.61 Å². The SMILES string of the molecule is CN1CCC=C(C2CN(S(=O)(=O)c3cccc([N+](=O)[O-])c3)CCO2)C1. The lowest BCUT2D eigenvalue weighted by molar-refractivity contribution is -0.385. The van der Waals surface area contributed by atoms with E-state index in [1.54, 1.807) is 0 Å². The topological polar surface area (TPSA) is 93.0 Å². The highest BCUT2D eigenvalue weighted by atomic mass is 32.2. The number of non-ortho nitro benzene ring substituents is 1. The summed E-state index contributed by atoms with van der Waals surface area (Å²) in [5.41, 5.74) is 0.857. The number of nitro benzene ring substituents is 1. The summed E-state index contributed by atoms with van der Waals surface area (Å²) in [6.07, 6.45) is 2.77. The molecule has 8 nitrogen and oxygen atoms in total. The highest BCUT2D eigenvalue weighted by molar-refractivity contribution is 7.89. The lowest BCUT2D eigenvalue weighted by atomic mass is 10.0. The van der Waals surface area contributed by atoms with E-state index in [2.05, 4.69) is 11.0 Å². The lowest BCUT2D eigenvalue weighted by Crippen LogP contribution is -2.47. The third-order valence-electron chi connectivity index (χ3n) is 4.48. The Bertz CT molecular complexity index is 793. The van der Waals surface area contributed by atoms with Gasteiger partial charge in [0.15, 0.2) is 0 Å². The Hall–Kier alpha value is -1.81. The molecule has 2 heterocycles. The molecule has 0 bridgehead atoms. The van der Waals surface area contributed by atoms with Crippen molar-refractivity contribution in [2.24, 2.45) is 0 Å². The zero-order valence-corrected chi connectivity index (χ0v) is 14.8. The van der Waals surface area contributed by atoms with Gasteiger partial charge in [-0.1, -0.05) is 12.1 Å². The van der Waals surface area contributed by atoms with Gasteiger partial charge in [0, 0.05) is 38.3 Å². The molecule has 1 atom stereocenters. The van der Waals surface area contributed by atoms with Crippen molar-refractivity contribution in [2.45, 2.75) is 17.4 Å². The smallest absolute Gasteiger partial charge is 0.270 e. The monoisotopic (exact) mass is 367 g/mol. The summed E-state index contributed by atoms with van der Waals surface area (Å²) >= 11 is 0. The minimum Gasteiger partial charge on any atom is -0.371 e. The fraction of sp³-hybridized carbons (Fsp3) is 0.500. The first-order chi connectivity index (χ1) is 11.9. The molecule has 0 radical (unpaired) electrons. The van der Waals surface area contributed by atoms with Crippen molar-refractivity contribution in [3.8, 4) is 0 Å². The first kappa shape index (κ1) is 18.0. The Morgan fingerprint density at radius 3 is 2.84 bits per heavy atom. The van der Waals surface area contributed by atoms with Gasteiger partial charge in [-0.05, 0) is 25.1 Å². The lowest BCUT2D eigenvalue weighted by Gasteiger charge is -2.35. The number of likely N-dealkylation sites (N-methyl/N-ethyl adjacent to an activating group) is 1. The van der Waals surface area contributed by atoms with E-state index in [0.717, 1.165) is 31.1 Å². The van der Waals surface area contributed by atoms with Gasteiger partial charge in [0.1, 0.15) is 0 Å². The summed E-state index contributed by atoms with van der Waals surface area (Å²) in [7, 11) is -1.77. The van der Waals surface area contributed by atoms with E-state index in [9.17, 15) is 18.5 Å². The molecular formula is C16H21N3O5S. The molecule has 1 unspecified atom stereocenters.